The van der Waals surface area contributed by atoms with E-state index < -0.39 is 0 Å². The summed E-state index contributed by atoms with van der Waals surface area (Å²) in [5.41, 5.74) is 7.86. The van der Waals surface area contributed by atoms with Crippen LogP contribution in [0.2, 0.25) is 0 Å². The highest BCUT2D eigenvalue weighted by molar-refractivity contribution is 5.99. The Bertz CT molecular complexity index is 1000. The molecule has 0 radical (unpaired) electrons. The van der Waals surface area contributed by atoms with E-state index in [9.17, 15) is 4.79 Å². The molecule has 0 aromatic heterocycles. The lowest BCUT2D eigenvalue weighted by Crippen LogP contribution is -2.25. The topological polar surface area (TPSA) is 50.7 Å². The zero-order valence-corrected chi connectivity index (χ0v) is 18.0. The van der Waals surface area contributed by atoms with E-state index in [1.165, 1.54) is 11.1 Å². The molecule has 3 rings (SSSR count). The van der Waals surface area contributed by atoms with Crippen LogP contribution >= 0.6 is 0 Å². The molecule has 4 heteroatoms. The van der Waals surface area contributed by atoms with Crippen LogP contribution in [-0.4, -0.2) is 18.2 Å². The Labute approximate surface area is 178 Å². The average Bonchev–Trinajstić information content (AvgIpc) is 2.76. The van der Waals surface area contributed by atoms with Crippen LogP contribution in [0.15, 0.2) is 84.0 Å². The average molecular weight is 401 g/mol. The molecule has 0 fully saturated rings. The summed E-state index contributed by atoms with van der Waals surface area (Å²) in [6.07, 6.45) is 0. The molecule has 3 aromatic carbocycles. The monoisotopic (exact) mass is 400 g/mol. The second kappa shape index (κ2) is 9.40. The molecule has 0 saturated carbocycles. The smallest absolute Gasteiger partial charge is 0.277 e. The molecule has 1 amide bonds. The lowest BCUT2D eigenvalue weighted by molar-refractivity contribution is -0.123. The molecule has 0 unspecified atom stereocenters. The summed E-state index contributed by atoms with van der Waals surface area (Å²) in [5.74, 6) is 0.366. The molecular weight excluding hydrogens is 372 g/mol. The minimum absolute atomic E-state index is 0.0847. The van der Waals surface area contributed by atoms with Gasteiger partial charge in [0.2, 0.25) is 0 Å². The highest BCUT2D eigenvalue weighted by Gasteiger charge is 2.13. The number of hydrazone groups is 1. The predicted molar refractivity (Wildman–Crippen MR) is 123 cm³/mol. The summed E-state index contributed by atoms with van der Waals surface area (Å²) in [7, 11) is 0. The van der Waals surface area contributed by atoms with Gasteiger partial charge in [0.1, 0.15) is 5.75 Å². The van der Waals surface area contributed by atoms with Gasteiger partial charge in [0, 0.05) is 0 Å². The molecule has 0 aliphatic rings. The first-order valence-corrected chi connectivity index (χ1v) is 10.1. The number of ether oxygens (including phenoxy) is 1. The summed E-state index contributed by atoms with van der Waals surface area (Å²) >= 11 is 0. The molecule has 0 atom stereocenters. The molecule has 4 nitrogen and oxygen atoms in total. The van der Waals surface area contributed by atoms with E-state index in [0.717, 1.165) is 16.8 Å². The number of rotatable bonds is 6. The second-order valence-corrected chi connectivity index (χ2v) is 8.24. The number of hydrogen-bond acceptors (Lipinski definition) is 3. The van der Waals surface area contributed by atoms with E-state index in [4.69, 9.17) is 4.74 Å². The van der Waals surface area contributed by atoms with Gasteiger partial charge in [-0.2, -0.15) is 5.10 Å². The van der Waals surface area contributed by atoms with Crippen molar-refractivity contribution in [3.05, 3.63) is 90.0 Å². The second-order valence-electron chi connectivity index (χ2n) is 8.24. The van der Waals surface area contributed by atoms with Crippen molar-refractivity contribution in [3.63, 3.8) is 0 Å². The zero-order chi connectivity index (χ0) is 21.6. The molecular formula is C26H28N2O2. The van der Waals surface area contributed by atoms with Crippen LogP contribution < -0.4 is 10.2 Å². The van der Waals surface area contributed by atoms with Gasteiger partial charge in [-0.3, -0.25) is 4.79 Å². The maximum absolute atomic E-state index is 12.1. The fourth-order valence-corrected chi connectivity index (χ4v) is 2.98. The van der Waals surface area contributed by atoms with Crippen LogP contribution in [0.25, 0.3) is 11.1 Å². The molecule has 1 N–H and O–H groups in total. The van der Waals surface area contributed by atoms with Gasteiger partial charge >= 0.3 is 0 Å². The van der Waals surface area contributed by atoms with Crippen molar-refractivity contribution in [1.29, 1.82) is 0 Å². The van der Waals surface area contributed by atoms with Crippen molar-refractivity contribution < 1.29 is 9.53 Å². The summed E-state index contributed by atoms with van der Waals surface area (Å²) < 4.78 is 5.56. The standard InChI is InChI=1S/C26H28N2O2/c1-19(20-10-12-22(13-11-20)21-8-6-5-7-9-21)27-28-25(29)18-30-24-16-14-23(15-17-24)26(2,3)4/h5-17H,18H2,1-4H3,(H,28,29). The van der Waals surface area contributed by atoms with E-state index in [0.29, 0.717) is 5.75 Å². The third-order valence-corrected chi connectivity index (χ3v) is 4.85. The fraction of sp³-hybridized carbons (Fsp3) is 0.231. The Balaban J connectivity index is 1.53. The van der Waals surface area contributed by atoms with E-state index in [1.54, 1.807) is 0 Å². The largest absolute Gasteiger partial charge is 0.484 e. The third kappa shape index (κ3) is 5.80. The maximum atomic E-state index is 12.1. The van der Waals surface area contributed by atoms with Gasteiger partial charge in [0.05, 0.1) is 5.71 Å². The summed E-state index contributed by atoms with van der Waals surface area (Å²) in [4.78, 5) is 12.1. The van der Waals surface area contributed by atoms with E-state index in [1.807, 2.05) is 61.5 Å². The van der Waals surface area contributed by atoms with Crippen LogP contribution in [0.1, 0.15) is 38.8 Å². The summed E-state index contributed by atoms with van der Waals surface area (Å²) in [6.45, 7) is 8.26. The molecule has 3 aromatic rings. The van der Waals surface area contributed by atoms with Gasteiger partial charge in [-0.1, -0.05) is 87.5 Å². The molecule has 30 heavy (non-hydrogen) atoms. The van der Waals surface area contributed by atoms with Crippen LogP contribution in [0.5, 0.6) is 5.75 Å². The van der Waals surface area contributed by atoms with Crippen LogP contribution in [-0.2, 0) is 10.2 Å². The summed E-state index contributed by atoms with van der Waals surface area (Å²) in [5, 5.41) is 4.19. The first kappa shape index (κ1) is 21.3. The van der Waals surface area contributed by atoms with Crippen molar-refractivity contribution in [1.82, 2.24) is 5.43 Å². The quantitative estimate of drug-likeness (QED) is 0.434. The van der Waals surface area contributed by atoms with Crippen LogP contribution in [0, 0.1) is 0 Å². The number of carbonyl (C=O) groups is 1. The Morgan fingerprint density at radius 2 is 1.47 bits per heavy atom. The zero-order valence-electron chi connectivity index (χ0n) is 18.0. The normalized spacial score (nSPS) is 11.8. The van der Waals surface area contributed by atoms with Crippen LogP contribution in [0.3, 0.4) is 0 Å². The van der Waals surface area contributed by atoms with E-state index in [-0.39, 0.29) is 17.9 Å². The number of nitrogens with one attached hydrogen (secondary N) is 1. The third-order valence-electron chi connectivity index (χ3n) is 4.85. The van der Waals surface area contributed by atoms with Gasteiger partial charge in [-0.15, -0.1) is 0 Å². The Kier molecular flexibility index (Phi) is 6.68. The maximum Gasteiger partial charge on any atom is 0.277 e. The molecule has 0 spiro atoms. The molecule has 0 saturated heterocycles. The van der Waals surface area contributed by atoms with Crippen molar-refractivity contribution in [2.24, 2.45) is 5.10 Å². The van der Waals surface area contributed by atoms with Gasteiger partial charge in [-0.05, 0) is 46.7 Å². The number of carbonyl (C=O) groups excluding carboxylic acids is 1. The number of amides is 1. The van der Waals surface area contributed by atoms with Gasteiger partial charge in [0.15, 0.2) is 6.61 Å². The van der Waals surface area contributed by atoms with Crippen molar-refractivity contribution in [2.75, 3.05) is 6.61 Å². The van der Waals surface area contributed by atoms with Gasteiger partial charge in [-0.25, -0.2) is 5.43 Å². The fourth-order valence-electron chi connectivity index (χ4n) is 2.98. The lowest BCUT2D eigenvalue weighted by Gasteiger charge is -2.19. The molecule has 0 aliphatic heterocycles. The van der Waals surface area contributed by atoms with Crippen molar-refractivity contribution >= 4 is 11.6 Å². The first-order chi connectivity index (χ1) is 14.3. The van der Waals surface area contributed by atoms with Crippen LogP contribution in [0.4, 0.5) is 0 Å². The first-order valence-electron chi connectivity index (χ1n) is 10.1. The van der Waals surface area contributed by atoms with Gasteiger partial charge in [0.25, 0.3) is 5.91 Å². The van der Waals surface area contributed by atoms with E-state index in [2.05, 4.69) is 55.6 Å². The number of nitrogens with zero attached hydrogens (tertiary/aromatic N) is 1. The Morgan fingerprint density at radius 1 is 0.867 bits per heavy atom. The minimum Gasteiger partial charge on any atom is -0.484 e. The minimum atomic E-state index is -0.296. The molecule has 0 aliphatic carbocycles. The summed E-state index contributed by atoms with van der Waals surface area (Å²) in [6, 6.07) is 26.1. The molecule has 0 bridgehead atoms. The highest BCUT2D eigenvalue weighted by atomic mass is 16.5. The molecule has 0 heterocycles. The Morgan fingerprint density at radius 3 is 2.07 bits per heavy atom. The number of hydrogen-bond donors (Lipinski definition) is 1. The SMILES string of the molecule is CC(=NNC(=O)COc1ccc(C(C)(C)C)cc1)c1ccc(-c2ccccc2)cc1. The number of benzene rings is 3. The van der Waals surface area contributed by atoms with Crippen molar-refractivity contribution in [3.8, 4) is 16.9 Å². The predicted octanol–water partition coefficient (Wildman–Crippen LogP) is 5.57. The molecule has 154 valence electrons. The Hall–Kier alpha value is -3.40. The highest BCUT2D eigenvalue weighted by Crippen LogP contribution is 2.24. The van der Waals surface area contributed by atoms with Crippen molar-refractivity contribution in [2.45, 2.75) is 33.1 Å². The van der Waals surface area contributed by atoms with E-state index >= 15 is 0 Å². The van der Waals surface area contributed by atoms with Gasteiger partial charge < -0.3 is 4.74 Å². The lowest BCUT2D eigenvalue weighted by atomic mass is 9.87.